The predicted molar refractivity (Wildman–Crippen MR) is 105 cm³/mol. The van der Waals surface area contributed by atoms with E-state index in [1.54, 1.807) is 7.11 Å². The van der Waals surface area contributed by atoms with Crippen LogP contribution in [0, 0.1) is 0 Å². The maximum absolute atomic E-state index is 5.29. The molecular formula is C22H17N3O. The Morgan fingerprint density at radius 2 is 1.50 bits per heavy atom. The Hall–Kier alpha value is -3.53. The molecule has 2 N–H and O–H groups in total. The van der Waals surface area contributed by atoms with E-state index in [0.29, 0.717) is 0 Å². The van der Waals surface area contributed by atoms with E-state index in [4.69, 9.17) is 9.72 Å². The summed E-state index contributed by atoms with van der Waals surface area (Å²) < 4.78 is 5.29. The van der Waals surface area contributed by atoms with Crippen LogP contribution in [-0.2, 0) is 0 Å². The van der Waals surface area contributed by atoms with Gasteiger partial charge in [0.1, 0.15) is 11.6 Å². The number of fused-ring (bicyclic) bond motifs is 2. The molecule has 2 aromatic heterocycles. The first-order chi connectivity index (χ1) is 12.8. The number of aromatic amines is 2. The molecule has 126 valence electrons. The second-order valence-corrected chi connectivity index (χ2v) is 6.25. The lowest BCUT2D eigenvalue weighted by Crippen LogP contribution is -1.86. The minimum atomic E-state index is 0.843. The zero-order valence-electron chi connectivity index (χ0n) is 14.3. The van der Waals surface area contributed by atoms with Gasteiger partial charge in [0.25, 0.3) is 0 Å². The Labute approximate surface area is 150 Å². The lowest BCUT2D eigenvalue weighted by molar-refractivity contribution is 0.415. The summed E-state index contributed by atoms with van der Waals surface area (Å²) in [5.41, 5.74) is 6.32. The predicted octanol–water partition coefficient (Wildman–Crippen LogP) is 5.39. The molecular weight excluding hydrogens is 322 g/mol. The molecule has 5 rings (SSSR count). The second kappa shape index (κ2) is 5.77. The SMILES string of the molecule is COc1ccc(-c2[nH]c3ccccc3c2-c2nc3ccccc3[nH]2)cc1. The van der Waals surface area contributed by atoms with Crippen molar-refractivity contribution < 1.29 is 4.74 Å². The van der Waals surface area contributed by atoms with Gasteiger partial charge in [-0.05, 0) is 48.0 Å². The van der Waals surface area contributed by atoms with Gasteiger partial charge >= 0.3 is 0 Å². The highest BCUT2D eigenvalue weighted by molar-refractivity contribution is 6.03. The highest BCUT2D eigenvalue weighted by Crippen LogP contribution is 2.38. The van der Waals surface area contributed by atoms with Crippen molar-refractivity contribution in [2.24, 2.45) is 0 Å². The van der Waals surface area contributed by atoms with Crippen molar-refractivity contribution in [3.05, 3.63) is 72.8 Å². The summed E-state index contributed by atoms with van der Waals surface area (Å²) in [4.78, 5) is 11.9. The van der Waals surface area contributed by atoms with E-state index >= 15 is 0 Å². The van der Waals surface area contributed by atoms with Crippen LogP contribution < -0.4 is 4.74 Å². The van der Waals surface area contributed by atoms with Gasteiger partial charge in [-0.1, -0.05) is 30.3 Å². The average Bonchev–Trinajstić information content (AvgIpc) is 3.29. The van der Waals surface area contributed by atoms with Gasteiger partial charge < -0.3 is 14.7 Å². The molecule has 0 aliphatic rings. The fraction of sp³-hybridized carbons (Fsp3) is 0.0455. The smallest absolute Gasteiger partial charge is 0.141 e. The van der Waals surface area contributed by atoms with E-state index in [9.17, 15) is 0 Å². The highest BCUT2D eigenvalue weighted by Gasteiger charge is 2.17. The molecule has 4 nitrogen and oxygen atoms in total. The zero-order chi connectivity index (χ0) is 17.5. The van der Waals surface area contributed by atoms with Crippen LogP contribution in [0.5, 0.6) is 5.75 Å². The Kier molecular flexibility index (Phi) is 3.28. The number of hydrogen-bond donors (Lipinski definition) is 2. The third-order valence-electron chi connectivity index (χ3n) is 4.71. The molecule has 0 atom stereocenters. The molecule has 0 saturated heterocycles. The summed E-state index contributed by atoms with van der Waals surface area (Å²) in [5.74, 6) is 1.71. The molecule has 5 aromatic rings. The number of nitrogens with zero attached hydrogens (tertiary/aromatic N) is 1. The third kappa shape index (κ3) is 2.27. The quantitative estimate of drug-likeness (QED) is 0.463. The molecule has 4 heteroatoms. The summed E-state index contributed by atoms with van der Waals surface area (Å²) in [6.45, 7) is 0. The van der Waals surface area contributed by atoms with Crippen molar-refractivity contribution in [3.8, 4) is 28.4 Å². The largest absolute Gasteiger partial charge is 0.497 e. The van der Waals surface area contributed by atoms with Gasteiger partial charge in [0.05, 0.1) is 29.4 Å². The van der Waals surface area contributed by atoms with Crippen LogP contribution >= 0.6 is 0 Å². The van der Waals surface area contributed by atoms with Gasteiger partial charge in [0, 0.05) is 10.9 Å². The number of H-pyrrole nitrogens is 2. The number of para-hydroxylation sites is 3. The molecule has 0 unspecified atom stereocenters. The topological polar surface area (TPSA) is 53.7 Å². The lowest BCUT2D eigenvalue weighted by Gasteiger charge is -2.05. The van der Waals surface area contributed by atoms with Crippen molar-refractivity contribution in [3.63, 3.8) is 0 Å². The second-order valence-electron chi connectivity index (χ2n) is 6.25. The van der Waals surface area contributed by atoms with Gasteiger partial charge in [-0.2, -0.15) is 0 Å². The first-order valence-electron chi connectivity index (χ1n) is 8.54. The van der Waals surface area contributed by atoms with E-state index in [1.165, 1.54) is 0 Å². The van der Waals surface area contributed by atoms with Crippen molar-refractivity contribution >= 4 is 21.9 Å². The Bertz CT molecular complexity index is 1180. The highest BCUT2D eigenvalue weighted by atomic mass is 16.5. The monoisotopic (exact) mass is 339 g/mol. The minimum Gasteiger partial charge on any atom is -0.497 e. The number of rotatable bonds is 3. The fourth-order valence-electron chi connectivity index (χ4n) is 3.43. The van der Waals surface area contributed by atoms with E-state index in [-0.39, 0.29) is 0 Å². The first kappa shape index (κ1) is 14.8. The van der Waals surface area contributed by atoms with Gasteiger partial charge in [-0.25, -0.2) is 4.98 Å². The molecule has 0 radical (unpaired) electrons. The summed E-state index contributed by atoms with van der Waals surface area (Å²) in [6.07, 6.45) is 0. The van der Waals surface area contributed by atoms with Crippen molar-refractivity contribution in [1.29, 1.82) is 0 Å². The summed E-state index contributed by atoms with van der Waals surface area (Å²) in [7, 11) is 1.68. The molecule has 0 aliphatic heterocycles. The van der Waals surface area contributed by atoms with Crippen LogP contribution in [0.2, 0.25) is 0 Å². The van der Waals surface area contributed by atoms with Crippen LogP contribution in [-0.4, -0.2) is 22.1 Å². The van der Waals surface area contributed by atoms with Gasteiger partial charge in [-0.15, -0.1) is 0 Å². The van der Waals surface area contributed by atoms with Crippen LogP contribution in [0.15, 0.2) is 72.8 Å². The maximum atomic E-state index is 5.29. The summed E-state index contributed by atoms with van der Waals surface area (Å²) in [5, 5.41) is 1.15. The van der Waals surface area contributed by atoms with E-state index in [2.05, 4.69) is 40.3 Å². The first-order valence-corrected chi connectivity index (χ1v) is 8.54. The molecule has 3 aromatic carbocycles. The number of nitrogens with one attached hydrogen (secondary N) is 2. The van der Waals surface area contributed by atoms with Gasteiger partial charge in [0.2, 0.25) is 0 Å². The Morgan fingerprint density at radius 3 is 2.27 bits per heavy atom. The van der Waals surface area contributed by atoms with E-state index < -0.39 is 0 Å². The molecule has 0 fully saturated rings. The molecule has 0 bridgehead atoms. The Morgan fingerprint density at radius 1 is 0.769 bits per heavy atom. The molecule has 0 saturated carbocycles. The number of ether oxygens (including phenoxy) is 1. The van der Waals surface area contributed by atoms with Crippen molar-refractivity contribution in [1.82, 2.24) is 15.0 Å². The number of benzene rings is 3. The molecule has 2 heterocycles. The van der Waals surface area contributed by atoms with Crippen LogP contribution in [0.4, 0.5) is 0 Å². The molecule has 0 spiro atoms. The summed E-state index contributed by atoms with van der Waals surface area (Å²) >= 11 is 0. The zero-order valence-corrected chi connectivity index (χ0v) is 14.3. The third-order valence-corrected chi connectivity index (χ3v) is 4.71. The van der Waals surface area contributed by atoms with E-state index in [0.717, 1.165) is 50.3 Å². The maximum Gasteiger partial charge on any atom is 0.141 e. The lowest BCUT2D eigenvalue weighted by atomic mass is 10.0. The van der Waals surface area contributed by atoms with Crippen LogP contribution in [0.3, 0.4) is 0 Å². The van der Waals surface area contributed by atoms with Crippen LogP contribution in [0.25, 0.3) is 44.6 Å². The van der Waals surface area contributed by atoms with Crippen molar-refractivity contribution in [2.45, 2.75) is 0 Å². The minimum absolute atomic E-state index is 0.843. The van der Waals surface area contributed by atoms with Gasteiger partial charge in [0.15, 0.2) is 0 Å². The number of hydrogen-bond acceptors (Lipinski definition) is 2. The van der Waals surface area contributed by atoms with Crippen molar-refractivity contribution in [2.75, 3.05) is 7.11 Å². The summed E-state index contributed by atoms with van der Waals surface area (Å²) in [6, 6.07) is 24.5. The van der Waals surface area contributed by atoms with Crippen LogP contribution in [0.1, 0.15) is 0 Å². The molecule has 0 amide bonds. The standard InChI is InChI=1S/C22H17N3O/c1-26-15-12-10-14(11-13-15)21-20(16-6-2-3-7-17(16)23-21)22-24-18-8-4-5-9-19(18)25-22/h2-13,23H,1H3,(H,24,25). The van der Waals surface area contributed by atoms with Gasteiger partial charge in [-0.3, -0.25) is 0 Å². The Balaban J connectivity index is 1.79. The average molecular weight is 339 g/mol. The molecule has 26 heavy (non-hydrogen) atoms. The molecule has 0 aliphatic carbocycles. The van der Waals surface area contributed by atoms with E-state index in [1.807, 2.05) is 42.5 Å². The number of methoxy groups -OCH3 is 1. The fourth-order valence-corrected chi connectivity index (χ4v) is 3.43. The normalized spacial score (nSPS) is 11.3. The number of imidazole rings is 1. The number of aromatic nitrogens is 3.